The van der Waals surface area contributed by atoms with Gasteiger partial charge in [0.05, 0.1) is 18.6 Å². The van der Waals surface area contributed by atoms with E-state index < -0.39 is 5.41 Å². The molecule has 0 N–H and O–H groups in total. The van der Waals surface area contributed by atoms with Crippen LogP contribution in [0, 0.1) is 50.7 Å². The number of Topliss-reactive ketones (excluding diaryl/α,β-unsaturated/α-hetero) is 1. The molecule has 5 fully saturated rings. The van der Waals surface area contributed by atoms with Crippen LogP contribution < -0.4 is 0 Å². The summed E-state index contributed by atoms with van der Waals surface area (Å²) in [6, 6.07) is 0. The quantitative estimate of drug-likeness (QED) is 0.345. The lowest BCUT2D eigenvalue weighted by Gasteiger charge is -2.72. The third-order valence-electron chi connectivity index (χ3n) is 14.4. The van der Waals surface area contributed by atoms with Crippen LogP contribution in [0.2, 0.25) is 0 Å². The number of hydrogen-bond acceptors (Lipinski definition) is 5. The van der Waals surface area contributed by atoms with Gasteiger partial charge in [-0.1, -0.05) is 48.5 Å². The average Bonchev–Trinajstić information content (AvgIpc) is 3.24. The SMILES string of the molecule is CC(=O)O[C@H]1CC[C@@]2(C)C(CC[C@]3(C)C2CCC2C4=C(C(C)C)C(=O)C[C@]4(C(=O)N4CCOCC4)CC[C@]23C)C1(C)C. The third-order valence-corrected chi connectivity index (χ3v) is 14.4. The summed E-state index contributed by atoms with van der Waals surface area (Å²) in [4.78, 5) is 42.3. The van der Waals surface area contributed by atoms with E-state index in [2.05, 4.69) is 48.5 Å². The summed E-state index contributed by atoms with van der Waals surface area (Å²) in [5, 5.41) is 0. The summed E-state index contributed by atoms with van der Waals surface area (Å²) in [5.41, 5.74) is 1.86. The van der Waals surface area contributed by atoms with E-state index in [-0.39, 0.29) is 57.3 Å². The normalized spacial score (nSPS) is 44.7. The van der Waals surface area contributed by atoms with E-state index in [0.29, 0.717) is 44.6 Å². The molecule has 0 radical (unpaired) electrons. The number of carbonyl (C=O) groups is 3. The zero-order chi connectivity index (χ0) is 30.5. The highest BCUT2D eigenvalue weighted by Gasteiger charge is 2.71. The molecule has 6 rings (SSSR count). The predicted octanol–water partition coefficient (Wildman–Crippen LogP) is 6.76. The molecular weight excluding hydrogens is 526 g/mol. The van der Waals surface area contributed by atoms with E-state index in [9.17, 15) is 14.4 Å². The molecule has 0 aromatic rings. The maximum absolute atomic E-state index is 14.5. The number of carbonyl (C=O) groups excluding carboxylic acids is 3. The summed E-state index contributed by atoms with van der Waals surface area (Å²) in [5.74, 6) is 1.73. The molecule has 4 saturated carbocycles. The minimum atomic E-state index is -0.660. The van der Waals surface area contributed by atoms with E-state index >= 15 is 0 Å². The van der Waals surface area contributed by atoms with Crippen LogP contribution in [0.4, 0.5) is 0 Å². The highest BCUT2D eigenvalue weighted by Crippen LogP contribution is 2.76. The Balaban J connectivity index is 1.39. The third kappa shape index (κ3) is 3.94. The molecule has 0 aromatic heterocycles. The molecule has 0 spiro atoms. The summed E-state index contributed by atoms with van der Waals surface area (Å²) in [7, 11) is 0. The Morgan fingerprint density at radius 3 is 2.21 bits per heavy atom. The van der Waals surface area contributed by atoms with Gasteiger partial charge in [-0.25, -0.2) is 0 Å². The molecule has 1 amide bonds. The first-order valence-electron chi connectivity index (χ1n) is 17.0. The van der Waals surface area contributed by atoms with Gasteiger partial charge in [0.2, 0.25) is 5.91 Å². The van der Waals surface area contributed by atoms with Crippen LogP contribution in [-0.4, -0.2) is 55.0 Å². The molecule has 1 saturated heterocycles. The summed E-state index contributed by atoms with van der Waals surface area (Å²) >= 11 is 0. The first kappa shape index (κ1) is 30.3. The number of ketones is 1. The van der Waals surface area contributed by atoms with Crippen LogP contribution in [0.5, 0.6) is 0 Å². The fourth-order valence-corrected chi connectivity index (χ4v) is 12.3. The number of allylic oxidation sites excluding steroid dienone is 1. The van der Waals surface area contributed by atoms with Gasteiger partial charge in [-0.05, 0) is 102 Å². The van der Waals surface area contributed by atoms with Gasteiger partial charge >= 0.3 is 5.97 Å². The highest BCUT2D eigenvalue weighted by molar-refractivity contribution is 6.07. The van der Waals surface area contributed by atoms with Gasteiger partial charge in [0.25, 0.3) is 0 Å². The lowest BCUT2D eigenvalue weighted by molar-refractivity contribution is -0.233. The minimum Gasteiger partial charge on any atom is -0.462 e. The van der Waals surface area contributed by atoms with Crippen molar-refractivity contribution in [2.24, 2.45) is 50.7 Å². The highest BCUT2D eigenvalue weighted by atomic mass is 16.5. The van der Waals surface area contributed by atoms with Gasteiger partial charge in [0, 0.05) is 31.8 Å². The zero-order valence-corrected chi connectivity index (χ0v) is 27.6. The maximum atomic E-state index is 14.5. The molecule has 8 atom stereocenters. The number of hydrogen-bond donors (Lipinski definition) is 0. The van der Waals surface area contributed by atoms with E-state index in [1.807, 2.05) is 4.90 Å². The van der Waals surface area contributed by atoms with E-state index in [1.54, 1.807) is 6.92 Å². The van der Waals surface area contributed by atoms with Gasteiger partial charge in [0.1, 0.15) is 6.10 Å². The Kier molecular flexibility index (Phi) is 7.16. The first-order chi connectivity index (χ1) is 19.6. The van der Waals surface area contributed by atoms with Crippen LogP contribution in [0.1, 0.15) is 113 Å². The van der Waals surface area contributed by atoms with Crippen molar-refractivity contribution in [1.29, 1.82) is 0 Å². The standard InChI is InChI=1S/C36H55NO5/c1-22(2)29-25(39)21-36(31(40)37-17-19-41-20-18-37)16-15-34(7)24(30(29)36)9-10-27-33(6)13-12-28(42-23(3)38)32(4,5)26(33)11-14-35(27,34)8/h22,24,26-28H,9-21H2,1-8H3/t24?,26?,27?,28-,33-,34+,35+,36+/m0/s1. The summed E-state index contributed by atoms with van der Waals surface area (Å²) in [6.07, 6.45) is 8.66. The number of nitrogens with zero attached hydrogens (tertiary/aromatic N) is 1. The molecule has 5 aliphatic carbocycles. The van der Waals surface area contributed by atoms with Crippen molar-refractivity contribution in [1.82, 2.24) is 4.90 Å². The first-order valence-corrected chi connectivity index (χ1v) is 17.0. The molecule has 6 nitrogen and oxygen atoms in total. The van der Waals surface area contributed by atoms with Gasteiger partial charge in [-0.3, -0.25) is 14.4 Å². The molecule has 42 heavy (non-hydrogen) atoms. The second-order valence-corrected chi connectivity index (χ2v) is 16.6. The average molecular weight is 582 g/mol. The number of fused-ring (bicyclic) bond motifs is 7. The number of ether oxygens (including phenoxy) is 2. The molecular formula is C36H55NO5. The molecule has 0 aromatic carbocycles. The molecule has 6 aliphatic rings. The number of morpholine rings is 1. The van der Waals surface area contributed by atoms with Crippen molar-refractivity contribution in [3.8, 4) is 0 Å². The van der Waals surface area contributed by atoms with Gasteiger partial charge in [0.15, 0.2) is 5.78 Å². The van der Waals surface area contributed by atoms with Crippen molar-refractivity contribution in [3.63, 3.8) is 0 Å². The van der Waals surface area contributed by atoms with Crippen molar-refractivity contribution >= 4 is 17.7 Å². The lowest BCUT2D eigenvalue weighted by atomic mass is 9.33. The molecule has 3 unspecified atom stereocenters. The second-order valence-electron chi connectivity index (χ2n) is 16.6. The number of amides is 1. The Morgan fingerprint density at radius 2 is 1.57 bits per heavy atom. The smallest absolute Gasteiger partial charge is 0.302 e. The van der Waals surface area contributed by atoms with Crippen LogP contribution in [0.25, 0.3) is 0 Å². The molecule has 0 bridgehead atoms. The molecule has 1 aliphatic heterocycles. The number of rotatable bonds is 3. The van der Waals surface area contributed by atoms with Crippen molar-refractivity contribution in [2.75, 3.05) is 26.3 Å². The maximum Gasteiger partial charge on any atom is 0.302 e. The topological polar surface area (TPSA) is 72.9 Å². The predicted molar refractivity (Wildman–Crippen MR) is 162 cm³/mol. The van der Waals surface area contributed by atoms with Crippen LogP contribution in [-0.2, 0) is 23.9 Å². The van der Waals surface area contributed by atoms with E-state index in [1.165, 1.54) is 5.57 Å². The van der Waals surface area contributed by atoms with Gasteiger partial charge in [-0.15, -0.1) is 0 Å². The van der Waals surface area contributed by atoms with E-state index in [0.717, 1.165) is 56.9 Å². The monoisotopic (exact) mass is 581 g/mol. The second kappa shape index (κ2) is 9.91. The van der Waals surface area contributed by atoms with Gasteiger partial charge < -0.3 is 14.4 Å². The Morgan fingerprint density at radius 1 is 0.881 bits per heavy atom. The van der Waals surface area contributed by atoms with Crippen LogP contribution in [0.15, 0.2) is 11.1 Å². The van der Waals surface area contributed by atoms with Crippen LogP contribution >= 0.6 is 0 Å². The Bertz CT molecular complexity index is 1200. The molecule has 1 heterocycles. The summed E-state index contributed by atoms with van der Waals surface area (Å²) in [6.45, 7) is 20.7. The number of esters is 1. The lowest BCUT2D eigenvalue weighted by Crippen LogP contribution is -2.66. The molecule has 6 heteroatoms. The Hall–Kier alpha value is -1.69. The minimum absolute atomic E-state index is 0.0193. The van der Waals surface area contributed by atoms with Crippen molar-refractivity contribution in [3.05, 3.63) is 11.1 Å². The van der Waals surface area contributed by atoms with Gasteiger partial charge in [-0.2, -0.15) is 0 Å². The zero-order valence-electron chi connectivity index (χ0n) is 27.6. The fourth-order valence-electron chi connectivity index (χ4n) is 12.3. The Labute approximate surface area is 253 Å². The largest absolute Gasteiger partial charge is 0.462 e. The summed E-state index contributed by atoms with van der Waals surface area (Å²) < 4.78 is 11.5. The van der Waals surface area contributed by atoms with Crippen molar-refractivity contribution in [2.45, 2.75) is 119 Å². The fraction of sp³-hybridized carbons (Fsp3) is 0.861. The van der Waals surface area contributed by atoms with E-state index in [4.69, 9.17) is 9.47 Å². The van der Waals surface area contributed by atoms with Crippen molar-refractivity contribution < 1.29 is 23.9 Å². The molecule has 234 valence electrons. The van der Waals surface area contributed by atoms with Crippen LogP contribution in [0.3, 0.4) is 0 Å².